The highest BCUT2D eigenvalue weighted by atomic mass is 16.5. The molecule has 2 unspecified atom stereocenters. The molecule has 2 N–H and O–H groups in total. The van der Waals surface area contributed by atoms with E-state index in [2.05, 4.69) is 15.3 Å². The van der Waals surface area contributed by atoms with Gasteiger partial charge in [0, 0.05) is 6.04 Å². The van der Waals surface area contributed by atoms with Crippen molar-refractivity contribution in [3.63, 3.8) is 0 Å². The molecule has 0 aromatic carbocycles. The lowest BCUT2D eigenvalue weighted by Crippen LogP contribution is -2.30. The second-order valence-electron chi connectivity index (χ2n) is 4.47. The molecular formula is C12H19N3O3. The fraction of sp³-hybridized carbons (Fsp3) is 0.583. The van der Waals surface area contributed by atoms with Gasteiger partial charge in [-0.3, -0.25) is 9.78 Å². The maximum Gasteiger partial charge on any atom is 0.308 e. The molecule has 0 aliphatic rings. The Labute approximate surface area is 106 Å². The quantitative estimate of drug-likeness (QED) is 0.804. The Morgan fingerprint density at radius 1 is 1.33 bits per heavy atom. The van der Waals surface area contributed by atoms with Crippen LogP contribution in [0.2, 0.25) is 0 Å². The Morgan fingerprint density at radius 2 is 2.00 bits per heavy atom. The minimum absolute atomic E-state index is 0.0184. The molecule has 0 aliphatic heterocycles. The molecule has 0 saturated carbocycles. The van der Waals surface area contributed by atoms with Gasteiger partial charge >= 0.3 is 5.97 Å². The molecular weight excluding hydrogens is 234 g/mol. The van der Waals surface area contributed by atoms with Crippen LogP contribution in [0.5, 0.6) is 5.88 Å². The Kier molecular flexibility index (Phi) is 4.88. The van der Waals surface area contributed by atoms with Gasteiger partial charge in [-0.15, -0.1) is 0 Å². The molecule has 6 heteroatoms. The second kappa shape index (κ2) is 6.18. The molecule has 1 aromatic rings. The predicted octanol–water partition coefficient (Wildman–Crippen LogP) is 1.78. The average molecular weight is 253 g/mol. The van der Waals surface area contributed by atoms with Gasteiger partial charge in [-0.2, -0.15) is 4.98 Å². The first-order valence-electron chi connectivity index (χ1n) is 5.88. The Morgan fingerprint density at radius 3 is 2.56 bits per heavy atom. The van der Waals surface area contributed by atoms with Gasteiger partial charge in [-0.25, -0.2) is 0 Å². The van der Waals surface area contributed by atoms with Crippen LogP contribution in [0.3, 0.4) is 0 Å². The van der Waals surface area contributed by atoms with E-state index in [-0.39, 0.29) is 12.1 Å². The van der Waals surface area contributed by atoms with Gasteiger partial charge < -0.3 is 15.2 Å². The number of carboxylic acid groups (broad SMARTS) is 1. The van der Waals surface area contributed by atoms with Gasteiger partial charge in [0.2, 0.25) is 5.88 Å². The van der Waals surface area contributed by atoms with Crippen LogP contribution in [0.15, 0.2) is 12.4 Å². The van der Waals surface area contributed by atoms with Gasteiger partial charge in [0.05, 0.1) is 24.4 Å². The smallest absolute Gasteiger partial charge is 0.308 e. The highest BCUT2D eigenvalue weighted by Gasteiger charge is 2.19. The van der Waals surface area contributed by atoms with Crippen LogP contribution in [-0.2, 0) is 4.79 Å². The number of nitrogens with one attached hydrogen (secondary N) is 1. The van der Waals surface area contributed by atoms with Gasteiger partial charge in [0.25, 0.3) is 0 Å². The van der Waals surface area contributed by atoms with Crippen molar-refractivity contribution in [2.24, 2.45) is 5.92 Å². The summed E-state index contributed by atoms with van der Waals surface area (Å²) in [5.41, 5.74) is 0. The maximum absolute atomic E-state index is 10.8. The Hall–Kier alpha value is -1.85. The van der Waals surface area contributed by atoms with E-state index >= 15 is 0 Å². The van der Waals surface area contributed by atoms with Crippen LogP contribution in [0.4, 0.5) is 5.82 Å². The number of carboxylic acids is 1. The summed E-state index contributed by atoms with van der Waals surface area (Å²) in [6.07, 6.45) is 3.08. The molecule has 0 radical (unpaired) electrons. The average Bonchev–Trinajstić information content (AvgIpc) is 2.27. The summed E-state index contributed by atoms with van der Waals surface area (Å²) in [6, 6.07) is -0.244. The minimum atomic E-state index is -0.849. The Balaban J connectivity index is 2.70. The van der Waals surface area contributed by atoms with Crippen molar-refractivity contribution < 1.29 is 14.6 Å². The lowest BCUT2D eigenvalue weighted by molar-refractivity contribution is -0.141. The first-order chi connectivity index (χ1) is 8.40. The van der Waals surface area contributed by atoms with Gasteiger partial charge in [-0.1, -0.05) is 0 Å². The van der Waals surface area contributed by atoms with Gasteiger partial charge in [0.1, 0.15) is 5.82 Å². The molecule has 1 heterocycles. The van der Waals surface area contributed by atoms with E-state index in [9.17, 15) is 4.79 Å². The summed E-state index contributed by atoms with van der Waals surface area (Å²) in [6.45, 7) is 7.23. The number of hydrogen-bond acceptors (Lipinski definition) is 5. The van der Waals surface area contributed by atoms with Crippen molar-refractivity contribution in [1.29, 1.82) is 0 Å². The summed E-state index contributed by atoms with van der Waals surface area (Å²) in [5.74, 6) is -0.432. The van der Waals surface area contributed by atoms with Crippen LogP contribution in [0.1, 0.15) is 27.7 Å². The number of nitrogens with zero attached hydrogens (tertiary/aromatic N) is 2. The van der Waals surface area contributed by atoms with E-state index in [1.54, 1.807) is 13.8 Å². The lowest BCUT2D eigenvalue weighted by atomic mass is 10.0. The molecule has 18 heavy (non-hydrogen) atoms. The highest BCUT2D eigenvalue weighted by molar-refractivity contribution is 5.70. The third kappa shape index (κ3) is 4.20. The minimum Gasteiger partial charge on any atom is -0.481 e. The monoisotopic (exact) mass is 253 g/mol. The standard InChI is InChI=1S/C12H19N3O3/c1-7(2)18-11-6-13-5-10(15-11)14-9(4)8(3)12(16)17/h5-9H,1-4H3,(H,14,15)(H,16,17). The van der Waals surface area contributed by atoms with E-state index in [4.69, 9.17) is 9.84 Å². The van der Waals surface area contributed by atoms with Crippen molar-refractivity contribution in [1.82, 2.24) is 9.97 Å². The number of aromatic nitrogens is 2. The lowest BCUT2D eigenvalue weighted by Gasteiger charge is -2.18. The fourth-order valence-electron chi connectivity index (χ4n) is 1.29. The fourth-order valence-corrected chi connectivity index (χ4v) is 1.29. The molecule has 0 spiro atoms. The van der Waals surface area contributed by atoms with E-state index < -0.39 is 11.9 Å². The van der Waals surface area contributed by atoms with Crippen LogP contribution in [0.25, 0.3) is 0 Å². The molecule has 0 saturated heterocycles. The highest BCUT2D eigenvalue weighted by Crippen LogP contribution is 2.14. The number of anilines is 1. The number of carbonyl (C=O) groups is 1. The largest absolute Gasteiger partial charge is 0.481 e. The number of aliphatic carboxylic acids is 1. The number of ether oxygens (including phenoxy) is 1. The molecule has 0 bridgehead atoms. The Bertz CT molecular complexity index is 409. The van der Waals surface area contributed by atoms with Crippen molar-refractivity contribution in [3.05, 3.63) is 12.4 Å². The van der Waals surface area contributed by atoms with Gasteiger partial charge in [-0.05, 0) is 27.7 Å². The zero-order valence-corrected chi connectivity index (χ0v) is 11.0. The summed E-state index contributed by atoms with van der Waals surface area (Å²) in [7, 11) is 0. The molecule has 0 amide bonds. The summed E-state index contributed by atoms with van der Waals surface area (Å²) in [5, 5.41) is 11.9. The zero-order chi connectivity index (χ0) is 13.7. The number of rotatable bonds is 6. The molecule has 0 aliphatic carbocycles. The van der Waals surface area contributed by atoms with Crippen LogP contribution in [0, 0.1) is 5.92 Å². The van der Waals surface area contributed by atoms with Crippen LogP contribution >= 0.6 is 0 Å². The summed E-state index contributed by atoms with van der Waals surface area (Å²) >= 11 is 0. The SMILES string of the molecule is CC(C)Oc1cncc(NC(C)C(C)C(=O)O)n1. The van der Waals surface area contributed by atoms with Crippen molar-refractivity contribution in [3.8, 4) is 5.88 Å². The molecule has 2 atom stereocenters. The van der Waals surface area contributed by atoms with Crippen molar-refractivity contribution in [2.45, 2.75) is 39.8 Å². The predicted molar refractivity (Wildman–Crippen MR) is 67.7 cm³/mol. The molecule has 1 rings (SSSR count). The first kappa shape index (κ1) is 14.2. The third-order valence-corrected chi connectivity index (χ3v) is 2.48. The topological polar surface area (TPSA) is 84.3 Å². The van der Waals surface area contributed by atoms with Crippen LogP contribution < -0.4 is 10.1 Å². The normalized spacial score (nSPS) is 14.1. The molecule has 1 aromatic heterocycles. The van der Waals surface area contributed by atoms with E-state index in [0.717, 1.165) is 0 Å². The molecule has 100 valence electrons. The van der Waals surface area contributed by atoms with E-state index in [1.165, 1.54) is 12.4 Å². The molecule has 6 nitrogen and oxygen atoms in total. The zero-order valence-electron chi connectivity index (χ0n) is 11.0. The second-order valence-corrected chi connectivity index (χ2v) is 4.47. The van der Waals surface area contributed by atoms with Crippen molar-refractivity contribution in [2.75, 3.05) is 5.32 Å². The van der Waals surface area contributed by atoms with Gasteiger partial charge in [0.15, 0.2) is 0 Å². The van der Waals surface area contributed by atoms with E-state index in [1.807, 2.05) is 13.8 Å². The maximum atomic E-state index is 10.8. The first-order valence-corrected chi connectivity index (χ1v) is 5.88. The van der Waals surface area contributed by atoms with E-state index in [0.29, 0.717) is 11.7 Å². The van der Waals surface area contributed by atoms with Crippen LogP contribution in [-0.4, -0.2) is 33.2 Å². The number of hydrogen-bond donors (Lipinski definition) is 2. The summed E-state index contributed by atoms with van der Waals surface area (Å²) in [4.78, 5) is 19.0. The third-order valence-electron chi connectivity index (χ3n) is 2.48. The summed E-state index contributed by atoms with van der Waals surface area (Å²) < 4.78 is 5.41. The van der Waals surface area contributed by atoms with Crippen molar-refractivity contribution >= 4 is 11.8 Å². The molecule has 0 fully saturated rings.